The SMILES string of the molecule is [C-]#[N+]CC1(n2cc(C(N)=O)c(NC(=O)[C@H]3C[C@@H]3C3CC3)n2)CCN(CC(F)(F)F)CC1. The predicted molar refractivity (Wildman–Crippen MR) is 105 cm³/mol. The number of carbonyl (C=O) groups excluding carboxylic acids is 2. The lowest BCUT2D eigenvalue weighted by Gasteiger charge is -2.38. The highest BCUT2D eigenvalue weighted by Crippen LogP contribution is 2.54. The third-order valence-corrected chi connectivity index (χ3v) is 6.67. The first kappa shape index (κ1) is 21.6. The van der Waals surface area contributed by atoms with Gasteiger partial charge in [-0.25, -0.2) is 6.57 Å². The molecule has 1 aromatic heterocycles. The summed E-state index contributed by atoms with van der Waals surface area (Å²) in [6, 6.07) is 0. The van der Waals surface area contributed by atoms with Crippen molar-refractivity contribution in [3.63, 3.8) is 0 Å². The Morgan fingerprint density at radius 2 is 2.00 bits per heavy atom. The zero-order valence-electron chi connectivity index (χ0n) is 17.0. The number of piperidine rings is 1. The third-order valence-electron chi connectivity index (χ3n) is 6.67. The summed E-state index contributed by atoms with van der Waals surface area (Å²) >= 11 is 0. The number of aromatic nitrogens is 2. The first-order valence-corrected chi connectivity index (χ1v) is 10.4. The van der Waals surface area contributed by atoms with E-state index in [9.17, 15) is 22.8 Å². The predicted octanol–water partition coefficient (Wildman–Crippen LogP) is 2.24. The molecule has 168 valence electrons. The van der Waals surface area contributed by atoms with Crippen LogP contribution in [0, 0.1) is 24.3 Å². The summed E-state index contributed by atoms with van der Waals surface area (Å²) < 4.78 is 39.6. The summed E-state index contributed by atoms with van der Waals surface area (Å²) in [5.41, 5.74) is 4.67. The minimum absolute atomic E-state index is 0.00645. The Labute approximate surface area is 177 Å². The van der Waals surface area contributed by atoms with Gasteiger partial charge >= 0.3 is 6.18 Å². The molecule has 2 atom stereocenters. The average molecular weight is 438 g/mol. The van der Waals surface area contributed by atoms with E-state index >= 15 is 0 Å². The molecule has 0 bridgehead atoms. The van der Waals surface area contributed by atoms with Crippen LogP contribution in [-0.2, 0) is 10.3 Å². The second-order valence-corrected chi connectivity index (χ2v) is 8.96. The molecule has 3 N–H and O–H groups in total. The van der Waals surface area contributed by atoms with Crippen molar-refractivity contribution in [3.8, 4) is 0 Å². The molecule has 2 amide bonds. The lowest BCUT2D eigenvalue weighted by molar-refractivity contribution is -0.150. The molecular weight excluding hydrogens is 413 g/mol. The molecule has 4 rings (SSSR count). The largest absolute Gasteiger partial charge is 0.401 e. The smallest absolute Gasteiger partial charge is 0.365 e. The molecule has 2 aliphatic carbocycles. The number of hydrogen-bond acceptors (Lipinski definition) is 4. The highest BCUT2D eigenvalue weighted by atomic mass is 19.4. The van der Waals surface area contributed by atoms with Crippen LogP contribution < -0.4 is 11.1 Å². The fourth-order valence-electron chi connectivity index (χ4n) is 4.65. The van der Waals surface area contributed by atoms with Gasteiger partial charge in [0.25, 0.3) is 5.91 Å². The van der Waals surface area contributed by atoms with Crippen LogP contribution in [0.3, 0.4) is 0 Å². The number of halogens is 3. The van der Waals surface area contributed by atoms with Gasteiger partial charge in [-0.1, -0.05) is 0 Å². The number of nitrogens with two attached hydrogens (primary N) is 1. The summed E-state index contributed by atoms with van der Waals surface area (Å²) in [4.78, 5) is 29.3. The van der Waals surface area contributed by atoms with Crippen molar-refractivity contribution in [3.05, 3.63) is 23.2 Å². The number of hydrogen-bond donors (Lipinski definition) is 2. The first-order chi connectivity index (χ1) is 14.6. The van der Waals surface area contributed by atoms with Crippen molar-refractivity contribution in [1.82, 2.24) is 14.7 Å². The summed E-state index contributed by atoms with van der Waals surface area (Å²) in [7, 11) is 0. The molecule has 2 saturated carbocycles. The molecule has 1 saturated heterocycles. The molecule has 0 spiro atoms. The van der Waals surface area contributed by atoms with Crippen molar-refractivity contribution in [2.24, 2.45) is 23.5 Å². The van der Waals surface area contributed by atoms with Gasteiger partial charge in [0.15, 0.2) is 5.82 Å². The zero-order valence-corrected chi connectivity index (χ0v) is 17.0. The van der Waals surface area contributed by atoms with Gasteiger partial charge in [0, 0.05) is 25.2 Å². The molecule has 1 aliphatic heterocycles. The molecule has 0 radical (unpaired) electrons. The number of nitrogens with one attached hydrogen (secondary N) is 1. The van der Waals surface area contributed by atoms with Crippen LogP contribution in [0.1, 0.15) is 42.5 Å². The molecule has 31 heavy (non-hydrogen) atoms. The lowest BCUT2D eigenvalue weighted by Crippen LogP contribution is -2.50. The van der Waals surface area contributed by atoms with Gasteiger partial charge in [-0.3, -0.25) is 19.2 Å². The van der Waals surface area contributed by atoms with Crippen molar-refractivity contribution in [2.75, 3.05) is 31.5 Å². The highest BCUT2D eigenvalue weighted by Gasteiger charge is 2.51. The number of nitrogens with zero attached hydrogens (tertiary/aromatic N) is 4. The maximum Gasteiger partial charge on any atom is 0.401 e. The Morgan fingerprint density at radius 1 is 1.32 bits per heavy atom. The quantitative estimate of drug-likeness (QED) is 0.638. The summed E-state index contributed by atoms with van der Waals surface area (Å²) in [6.45, 7) is 6.62. The van der Waals surface area contributed by atoms with Gasteiger partial charge in [0.1, 0.15) is 11.1 Å². The third kappa shape index (κ3) is 4.69. The van der Waals surface area contributed by atoms with Crippen LogP contribution in [-0.4, -0.2) is 58.9 Å². The molecule has 0 aromatic carbocycles. The number of likely N-dealkylation sites (tertiary alicyclic amines) is 1. The maximum atomic E-state index is 12.7. The van der Waals surface area contributed by atoms with Crippen molar-refractivity contribution < 1.29 is 22.8 Å². The normalized spacial score (nSPS) is 25.6. The minimum Gasteiger partial charge on any atom is -0.365 e. The van der Waals surface area contributed by atoms with Crippen LogP contribution in [0.15, 0.2) is 6.20 Å². The number of primary amides is 1. The number of carbonyl (C=O) groups is 2. The molecule has 3 fully saturated rings. The lowest BCUT2D eigenvalue weighted by atomic mass is 9.87. The highest BCUT2D eigenvalue weighted by molar-refractivity contribution is 6.02. The first-order valence-electron chi connectivity index (χ1n) is 10.4. The van der Waals surface area contributed by atoms with Crippen LogP contribution >= 0.6 is 0 Å². The Hall–Kier alpha value is -2.61. The van der Waals surface area contributed by atoms with Crippen LogP contribution in [0.2, 0.25) is 0 Å². The summed E-state index contributed by atoms with van der Waals surface area (Å²) in [5.74, 6) is 0.0351. The van der Waals surface area contributed by atoms with Crippen LogP contribution in [0.25, 0.3) is 4.85 Å². The fourth-order valence-corrected chi connectivity index (χ4v) is 4.65. The number of amides is 2. The van der Waals surface area contributed by atoms with E-state index in [1.165, 1.54) is 15.8 Å². The zero-order chi connectivity index (χ0) is 22.4. The Bertz CT molecular complexity index is 909. The topological polar surface area (TPSA) is 97.6 Å². The second-order valence-electron chi connectivity index (χ2n) is 8.96. The van der Waals surface area contributed by atoms with E-state index in [2.05, 4.69) is 15.3 Å². The standard InChI is InChI=1S/C20H25F3N6O2/c1-25-10-19(4-6-28(7-5-19)11-20(21,22)23)29-9-15(16(24)30)17(27-29)26-18(31)14-8-13(14)12-2-3-12/h9,12-14H,2-8,10-11H2,(H2,24,30)(H,26,27,31)/t13-,14+/m1/s1. The van der Waals surface area contributed by atoms with Gasteiger partial charge in [-0.05, 0) is 43.9 Å². The monoisotopic (exact) mass is 438 g/mol. The molecule has 3 aliphatic rings. The van der Waals surface area contributed by atoms with Crippen LogP contribution in [0.5, 0.6) is 0 Å². The summed E-state index contributed by atoms with van der Waals surface area (Å²) in [5, 5.41) is 7.10. The van der Waals surface area contributed by atoms with E-state index in [0.29, 0.717) is 11.8 Å². The van der Waals surface area contributed by atoms with Crippen molar-refractivity contribution in [1.29, 1.82) is 0 Å². The molecule has 0 unspecified atom stereocenters. The number of anilines is 1. The molecule has 1 aromatic rings. The maximum absolute atomic E-state index is 12.7. The van der Waals surface area contributed by atoms with E-state index in [-0.39, 0.29) is 55.7 Å². The van der Waals surface area contributed by atoms with E-state index in [1.54, 1.807) is 0 Å². The van der Waals surface area contributed by atoms with Crippen molar-refractivity contribution >= 4 is 17.6 Å². The van der Waals surface area contributed by atoms with Gasteiger partial charge < -0.3 is 15.9 Å². The van der Waals surface area contributed by atoms with Crippen LogP contribution in [0.4, 0.5) is 19.0 Å². The van der Waals surface area contributed by atoms with Crippen molar-refractivity contribution in [2.45, 2.75) is 43.8 Å². The van der Waals surface area contributed by atoms with E-state index in [4.69, 9.17) is 12.3 Å². The van der Waals surface area contributed by atoms with Gasteiger partial charge in [0.2, 0.25) is 12.5 Å². The molecule has 11 heteroatoms. The summed E-state index contributed by atoms with van der Waals surface area (Å²) in [6.07, 6.45) is 0.799. The average Bonchev–Trinajstić information content (AvgIpc) is 3.58. The van der Waals surface area contributed by atoms with E-state index in [1.807, 2.05) is 0 Å². The number of alkyl halides is 3. The Kier molecular flexibility index (Phi) is 5.45. The molecular formula is C20H25F3N6O2. The van der Waals surface area contributed by atoms with E-state index < -0.39 is 24.2 Å². The van der Waals surface area contributed by atoms with E-state index in [0.717, 1.165) is 19.3 Å². The Balaban J connectivity index is 1.51. The van der Waals surface area contributed by atoms with Gasteiger partial charge in [-0.2, -0.15) is 18.3 Å². The number of rotatable bonds is 7. The second kappa shape index (κ2) is 7.82. The Morgan fingerprint density at radius 3 is 2.55 bits per heavy atom. The van der Waals surface area contributed by atoms with Gasteiger partial charge in [0.05, 0.1) is 6.54 Å². The molecule has 2 heterocycles. The minimum atomic E-state index is -4.29. The van der Waals surface area contributed by atoms with Gasteiger partial charge in [-0.15, -0.1) is 0 Å². The molecule has 8 nitrogen and oxygen atoms in total. The fraction of sp³-hybridized carbons (Fsp3) is 0.700.